The van der Waals surface area contributed by atoms with Gasteiger partial charge in [0, 0.05) is 12.1 Å². The van der Waals surface area contributed by atoms with Crippen LogP contribution in [-0.2, 0) is 9.59 Å². The molecule has 1 aromatic rings. The summed E-state index contributed by atoms with van der Waals surface area (Å²) >= 11 is 5.68. The van der Waals surface area contributed by atoms with Crippen LogP contribution in [0.5, 0.6) is 0 Å². The Morgan fingerprint density at radius 1 is 1.41 bits per heavy atom. The number of aliphatic hydroxyl groups excluding tert-OH is 1. The van der Waals surface area contributed by atoms with Crippen molar-refractivity contribution < 1.29 is 24.0 Å². The molecule has 0 aliphatic carbocycles. The van der Waals surface area contributed by atoms with Gasteiger partial charge in [0.2, 0.25) is 0 Å². The van der Waals surface area contributed by atoms with E-state index in [0.717, 1.165) is 23.1 Å². The number of carbonyl (C=O) groups excluding carboxylic acids is 2. The molecule has 8 nitrogen and oxygen atoms in total. The van der Waals surface area contributed by atoms with E-state index in [2.05, 4.69) is 5.32 Å². The Kier molecular flexibility index (Phi) is 4.38. The number of anilines is 1. The fraction of sp³-hybridized carbons (Fsp3) is 0.167. The van der Waals surface area contributed by atoms with Crippen molar-refractivity contribution in [2.24, 2.45) is 0 Å². The fourth-order valence-electron chi connectivity index (χ4n) is 1.86. The minimum absolute atomic E-state index is 0.224. The summed E-state index contributed by atoms with van der Waals surface area (Å²) in [6, 6.07) is 1.70. The number of hydrogen-bond acceptors (Lipinski definition) is 6. The summed E-state index contributed by atoms with van der Waals surface area (Å²) in [4.78, 5) is 34.4. The second-order valence-electron chi connectivity index (χ2n) is 4.21. The number of amides is 2. The summed E-state index contributed by atoms with van der Waals surface area (Å²) in [5.74, 6) is -2.41. The van der Waals surface area contributed by atoms with Crippen molar-refractivity contribution in [2.45, 2.75) is 0 Å². The van der Waals surface area contributed by atoms with Gasteiger partial charge >= 0.3 is 0 Å². The third-order valence-electron chi connectivity index (χ3n) is 2.86. The van der Waals surface area contributed by atoms with Crippen LogP contribution >= 0.6 is 11.6 Å². The molecule has 1 heterocycles. The predicted molar refractivity (Wildman–Crippen MR) is 73.6 cm³/mol. The molecule has 2 rings (SSSR count). The summed E-state index contributed by atoms with van der Waals surface area (Å²) in [6.45, 7) is -0.655. The van der Waals surface area contributed by atoms with Gasteiger partial charge in [-0.2, -0.15) is 0 Å². The highest BCUT2D eigenvalue weighted by Gasteiger charge is 2.32. The lowest BCUT2D eigenvalue weighted by Gasteiger charge is -2.14. The number of nitro benzene ring substituents is 1. The van der Waals surface area contributed by atoms with Gasteiger partial charge in [-0.15, -0.1) is 0 Å². The predicted octanol–water partition coefficient (Wildman–Crippen LogP) is 1.04. The van der Waals surface area contributed by atoms with Crippen LogP contribution in [0.4, 0.5) is 15.8 Å². The molecule has 22 heavy (non-hydrogen) atoms. The molecule has 0 spiro atoms. The molecule has 1 aliphatic heterocycles. The lowest BCUT2D eigenvalue weighted by molar-refractivity contribution is -0.384. The van der Waals surface area contributed by atoms with E-state index in [0.29, 0.717) is 0 Å². The van der Waals surface area contributed by atoms with E-state index in [1.54, 1.807) is 0 Å². The van der Waals surface area contributed by atoms with Crippen LogP contribution < -0.4 is 5.32 Å². The van der Waals surface area contributed by atoms with E-state index < -0.39 is 45.6 Å². The Morgan fingerprint density at radius 3 is 2.68 bits per heavy atom. The number of imide groups is 1. The number of nitrogens with zero attached hydrogens (tertiary/aromatic N) is 2. The maximum Gasteiger partial charge on any atom is 0.294 e. The van der Waals surface area contributed by atoms with Crippen molar-refractivity contribution in [3.8, 4) is 0 Å². The van der Waals surface area contributed by atoms with Gasteiger partial charge in [0.05, 0.1) is 18.1 Å². The smallest absolute Gasteiger partial charge is 0.294 e. The van der Waals surface area contributed by atoms with Gasteiger partial charge in [-0.3, -0.25) is 24.6 Å². The highest BCUT2D eigenvalue weighted by atomic mass is 35.5. The lowest BCUT2D eigenvalue weighted by atomic mass is 10.2. The van der Waals surface area contributed by atoms with Crippen molar-refractivity contribution >= 4 is 34.8 Å². The molecule has 0 saturated carbocycles. The van der Waals surface area contributed by atoms with E-state index >= 15 is 0 Å². The van der Waals surface area contributed by atoms with E-state index in [4.69, 9.17) is 16.7 Å². The summed E-state index contributed by atoms with van der Waals surface area (Å²) in [5.41, 5.74) is -1.27. The number of carbonyl (C=O) groups is 2. The standard InChI is InChI=1S/C12H9ClFN3O5/c13-10-6(14)1-2-8(17(21)22)11(10)15-7-5-9(19)16(3-4-18)12(7)20/h1-2,5,15,18H,3-4H2. The Labute approximate surface area is 127 Å². The summed E-state index contributed by atoms with van der Waals surface area (Å²) < 4.78 is 13.5. The molecule has 2 N–H and O–H groups in total. The first-order chi connectivity index (χ1) is 10.4. The van der Waals surface area contributed by atoms with Crippen molar-refractivity contribution in [2.75, 3.05) is 18.5 Å². The van der Waals surface area contributed by atoms with Gasteiger partial charge in [0.1, 0.15) is 22.2 Å². The summed E-state index contributed by atoms with van der Waals surface area (Å²) in [7, 11) is 0. The minimum Gasteiger partial charge on any atom is -0.395 e. The molecule has 0 bridgehead atoms. The third-order valence-corrected chi connectivity index (χ3v) is 3.23. The molecule has 1 aliphatic rings. The summed E-state index contributed by atoms with van der Waals surface area (Å²) in [6.07, 6.45) is 0.892. The first-order valence-electron chi connectivity index (χ1n) is 5.94. The second kappa shape index (κ2) is 6.08. The van der Waals surface area contributed by atoms with Gasteiger partial charge in [-0.25, -0.2) is 4.39 Å². The largest absolute Gasteiger partial charge is 0.395 e. The normalized spacial score (nSPS) is 14.3. The average Bonchev–Trinajstić information content (AvgIpc) is 2.72. The zero-order valence-corrected chi connectivity index (χ0v) is 11.6. The van der Waals surface area contributed by atoms with E-state index in [9.17, 15) is 24.1 Å². The maximum atomic E-state index is 13.5. The molecule has 0 atom stereocenters. The number of β-amino-alcohol motifs (C(OH)–C–C–N with tert-alkyl or cyclic N) is 1. The van der Waals surface area contributed by atoms with E-state index in [-0.39, 0.29) is 12.2 Å². The third kappa shape index (κ3) is 2.76. The molecule has 2 amide bonds. The molecule has 0 unspecified atom stereocenters. The highest BCUT2D eigenvalue weighted by Crippen LogP contribution is 2.35. The van der Waals surface area contributed by atoms with Crippen molar-refractivity contribution in [3.63, 3.8) is 0 Å². The Morgan fingerprint density at radius 2 is 2.09 bits per heavy atom. The van der Waals surface area contributed by atoms with Crippen LogP contribution in [0.3, 0.4) is 0 Å². The number of nitro groups is 1. The van der Waals surface area contributed by atoms with Gasteiger partial charge in [0.15, 0.2) is 0 Å². The molecule has 1 aromatic carbocycles. The zero-order chi connectivity index (χ0) is 16.4. The molecule has 10 heteroatoms. The van der Waals surface area contributed by atoms with Gasteiger partial charge in [-0.05, 0) is 6.07 Å². The van der Waals surface area contributed by atoms with Crippen LogP contribution in [0.1, 0.15) is 0 Å². The van der Waals surface area contributed by atoms with Crippen LogP contribution in [0.25, 0.3) is 0 Å². The van der Waals surface area contributed by atoms with Crippen LogP contribution in [0.2, 0.25) is 5.02 Å². The second-order valence-corrected chi connectivity index (χ2v) is 4.59. The molecule has 116 valence electrons. The number of benzene rings is 1. The van der Waals surface area contributed by atoms with Gasteiger partial charge in [0.25, 0.3) is 17.5 Å². The first-order valence-corrected chi connectivity index (χ1v) is 6.32. The van der Waals surface area contributed by atoms with Crippen molar-refractivity contribution in [1.82, 2.24) is 4.90 Å². The summed E-state index contributed by atoms with van der Waals surface area (Å²) in [5, 5.41) is 21.5. The molecule has 0 aromatic heterocycles. The van der Waals surface area contributed by atoms with Crippen molar-refractivity contribution in [1.29, 1.82) is 0 Å². The first kappa shape index (κ1) is 15.9. The molecule has 0 saturated heterocycles. The number of nitrogens with one attached hydrogen (secondary N) is 1. The molecular formula is C12H9ClFN3O5. The van der Waals surface area contributed by atoms with Crippen molar-refractivity contribution in [3.05, 3.63) is 44.9 Å². The zero-order valence-electron chi connectivity index (χ0n) is 10.9. The molecule has 0 radical (unpaired) electrons. The Hall–Kier alpha value is -2.52. The number of hydrogen-bond donors (Lipinski definition) is 2. The van der Waals surface area contributed by atoms with Gasteiger partial charge in [-0.1, -0.05) is 11.6 Å². The van der Waals surface area contributed by atoms with Crippen LogP contribution in [0.15, 0.2) is 23.9 Å². The fourth-order valence-corrected chi connectivity index (χ4v) is 2.06. The Bertz CT molecular complexity index is 706. The SMILES string of the molecule is O=C1C=C(Nc2c([N+](=O)[O-])ccc(F)c2Cl)C(=O)N1CCO. The van der Waals surface area contributed by atoms with Crippen LogP contribution in [0, 0.1) is 15.9 Å². The maximum absolute atomic E-state index is 13.5. The number of halogens is 2. The number of rotatable bonds is 5. The lowest BCUT2D eigenvalue weighted by Crippen LogP contribution is -2.34. The van der Waals surface area contributed by atoms with E-state index in [1.807, 2.05) is 0 Å². The topological polar surface area (TPSA) is 113 Å². The average molecular weight is 330 g/mol. The monoisotopic (exact) mass is 329 g/mol. The van der Waals surface area contributed by atoms with E-state index in [1.165, 1.54) is 0 Å². The molecular weight excluding hydrogens is 321 g/mol. The Balaban J connectivity index is 2.38. The minimum atomic E-state index is -0.917. The van der Waals surface area contributed by atoms with Gasteiger partial charge < -0.3 is 10.4 Å². The van der Waals surface area contributed by atoms with Crippen LogP contribution in [-0.4, -0.2) is 39.9 Å². The number of aliphatic hydroxyl groups is 1. The highest BCUT2D eigenvalue weighted by molar-refractivity contribution is 6.34. The molecule has 0 fully saturated rings. The quantitative estimate of drug-likeness (QED) is 0.474.